The first-order valence-corrected chi connectivity index (χ1v) is 10.2. The summed E-state index contributed by atoms with van der Waals surface area (Å²) in [4.78, 5) is 24.7. The van der Waals surface area contributed by atoms with Crippen molar-refractivity contribution in [1.29, 1.82) is 0 Å². The van der Waals surface area contributed by atoms with Crippen LogP contribution >= 0.6 is 11.6 Å². The number of hydrogen-bond acceptors (Lipinski definition) is 3. The van der Waals surface area contributed by atoms with Crippen molar-refractivity contribution in [3.63, 3.8) is 0 Å². The van der Waals surface area contributed by atoms with Gasteiger partial charge in [-0.15, -0.1) is 0 Å². The molecule has 2 rings (SSSR count). The Hall–Kier alpha value is -3.31. The lowest BCUT2D eigenvalue weighted by molar-refractivity contribution is -0.126. The smallest absolute Gasteiger partial charge is 0.240 e. The van der Waals surface area contributed by atoms with Crippen molar-refractivity contribution in [2.24, 2.45) is 0 Å². The highest BCUT2D eigenvalue weighted by molar-refractivity contribution is 6.30. The third kappa shape index (κ3) is 7.79. The minimum Gasteiger partial charge on any atom is -0.497 e. The number of methoxy groups -OCH3 is 1. The summed E-state index contributed by atoms with van der Waals surface area (Å²) in [6.45, 7) is 7.41. The first kappa shape index (κ1) is 24.0. The van der Waals surface area contributed by atoms with E-state index >= 15 is 0 Å². The monoisotopic (exact) mass is 438 g/mol. The van der Waals surface area contributed by atoms with Gasteiger partial charge < -0.3 is 15.4 Å². The van der Waals surface area contributed by atoms with Crippen LogP contribution in [0.4, 0.5) is 0 Å². The zero-order valence-electron chi connectivity index (χ0n) is 17.6. The molecule has 31 heavy (non-hydrogen) atoms. The number of benzene rings is 2. The molecule has 2 N–H and O–H groups in total. The molecular formula is C25H27ClN2O3. The third-order valence-electron chi connectivity index (χ3n) is 4.63. The quantitative estimate of drug-likeness (QED) is 0.505. The maximum absolute atomic E-state index is 12.5. The molecule has 0 saturated carbocycles. The van der Waals surface area contributed by atoms with Crippen LogP contribution in [0.2, 0.25) is 5.02 Å². The number of halogens is 1. The highest BCUT2D eigenvalue weighted by atomic mass is 35.5. The number of rotatable bonds is 11. The zero-order valence-corrected chi connectivity index (χ0v) is 18.3. The molecule has 0 fully saturated rings. The molecule has 2 aromatic rings. The average molecular weight is 439 g/mol. The van der Waals surface area contributed by atoms with E-state index in [9.17, 15) is 9.59 Å². The molecule has 2 aromatic carbocycles. The Bertz CT molecular complexity index is 934. The summed E-state index contributed by atoms with van der Waals surface area (Å²) < 4.78 is 5.12. The van der Waals surface area contributed by atoms with Crippen LogP contribution in [0.25, 0.3) is 0 Å². The van der Waals surface area contributed by atoms with Gasteiger partial charge in [-0.2, -0.15) is 0 Å². The summed E-state index contributed by atoms with van der Waals surface area (Å²) in [7, 11) is 1.61. The summed E-state index contributed by atoms with van der Waals surface area (Å²) in [6, 6.07) is 14.3. The fraction of sp³-hybridized carbons (Fsp3) is 0.200. The Kier molecular flexibility index (Phi) is 9.59. The maximum atomic E-state index is 12.5. The Morgan fingerprint density at radius 2 is 1.74 bits per heavy atom. The van der Waals surface area contributed by atoms with Crippen LogP contribution in [-0.4, -0.2) is 25.5 Å². The largest absolute Gasteiger partial charge is 0.497 e. The molecule has 5 nitrogen and oxygen atoms in total. The van der Waals surface area contributed by atoms with Crippen LogP contribution in [0.15, 0.2) is 85.5 Å². The Morgan fingerprint density at radius 3 is 2.32 bits per heavy atom. The topological polar surface area (TPSA) is 67.4 Å². The van der Waals surface area contributed by atoms with Crippen molar-refractivity contribution in [1.82, 2.24) is 10.6 Å². The molecule has 0 aliphatic rings. The van der Waals surface area contributed by atoms with Gasteiger partial charge in [0.15, 0.2) is 0 Å². The van der Waals surface area contributed by atoms with Gasteiger partial charge >= 0.3 is 0 Å². The predicted molar refractivity (Wildman–Crippen MR) is 125 cm³/mol. The van der Waals surface area contributed by atoms with Crippen LogP contribution in [0.3, 0.4) is 0 Å². The molecule has 2 amide bonds. The van der Waals surface area contributed by atoms with E-state index < -0.39 is 6.04 Å². The van der Waals surface area contributed by atoms with Crippen molar-refractivity contribution in [2.45, 2.75) is 18.9 Å². The second-order valence-electron chi connectivity index (χ2n) is 6.78. The van der Waals surface area contributed by atoms with Crippen LogP contribution < -0.4 is 15.4 Å². The number of allylic oxidation sites excluding steroid dienone is 2. The van der Waals surface area contributed by atoms with Crippen molar-refractivity contribution in [2.75, 3.05) is 13.7 Å². The summed E-state index contributed by atoms with van der Waals surface area (Å²) in [5.74, 6) is 0.263. The van der Waals surface area contributed by atoms with Gasteiger partial charge in [0.05, 0.1) is 19.7 Å². The lowest BCUT2D eigenvalue weighted by Crippen LogP contribution is -2.39. The number of amides is 2. The van der Waals surface area contributed by atoms with Gasteiger partial charge in [-0.25, -0.2) is 0 Å². The average Bonchev–Trinajstić information content (AvgIpc) is 2.79. The van der Waals surface area contributed by atoms with Crippen LogP contribution in [0.1, 0.15) is 23.6 Å². The second-order valence-corrected chi connectivity index (χ2v) is 7.22. The normalized spacial score (nSPS) is 11.9. The number of carbonyl (C=O) groups is 2. The third-order valence-corrected chi connectivity index (χ3v) is 4.89. The first-order chi connectivity index (χ1) is 15.0. The van der Waals surface area contributed by atoms with Crippen molar-refractivity contribution in [3.05, 3.63) is 102 Å². The zero-order chi connectivity index (χ0) is 22.6. The number of ether oxygens (including phenoxy) is 1. The number of hydrogen-bond donors (Lipinski definition) is 2. The summed E-state index contributed by atoms with van der Waals surface area (Å²) in [6.07, 6.45) is 5.93. The van der Waals surface area contributed by atoms with Gasteiger partial charge in [0.1, 0.15) is 5.75 Å². The SMILES string of the molecule is C=C/C=C(\C=C)C(NC(=O)CNC(=O)CCc1ccc(OC)cc1)c1ccc(Cl)cc1. The fourth-order valence-corrected chi connectivity index (χ4v) is 3.09. The van der Waals surface area contributed by atoms with Crippen molar-refractivity contribution >= 4 is 23.4 Å². The summed E-state index contributed by atoms with van der Waals surface area (Å²) in [5.41, 5.74) is 2.64. The minimum atomic E-state index is -0.434. The van der Waals surface area contributed by atoms with E-state index in [-0.39, 0.29) is 24.8 Å². The number of aryl methyl sites for hydroxylation is 1. The fourth-order valence-electron chi connectivity index (χ4n) is 2.96. The summed E-state index contributed by atoms with van der Waals surface area (Å²) in [5, 5.41) is 6.20. The van der Waals surface area contributed by atoms with Gasteiger partial charge in [-0.3, -0.25) is 9.59 Å². The molecule has 0 aromatic heterocycles. The lowest BCUT2D eigenvalue weighted by Gasteiger charge is -2.21. The van der Waals surface area contributed by atoms with Crippen LogP contribution in [0, 0.1) is 0 Å². The van der Waals surface area contributed by atoms with Crippen molar-refractivity contribution < 1.29 is 14.3 Å². The summed E-state index contributed by atoms with van der Waals surface area (Å²) >= 11 is 5.98. The molecule has 162 valence electrons. The van der Waals surface area contributed by atoms with Gasteiger partial charge in [-0.1, -0.05) is 67.3 Å². The van der Waals surface area contributed by atoms with E-state index in [4.69, 9.17) is 16.3 Å². The standard InChI is InChI=1S/C25H27ClN2O3/c1-4-6-19(5-2)25(20-10-12-21(26)13-11-20)28-24(30)17-27-23(29)16-9-18-7-14-22(31-3)15-8-18/h4-8,10-15,25H,1-2,9,16-17H2,3H3,(H,27,29)(H,28,30)/b19-6+. The van der Waals surface area contributed by atoms with Crippen LogP contribution in [-0.2, 0) is 16.0 Å². The van der Waals surface area contributed by atoms with E-state index in [2.05, 4.69) is 23.8 Å². The Labute approximate surface area is 188 Å². The number of carbonyl (C=O) groups excluding carboxylic acids is 2. The molecule has 1 unspecified atom stereocenters. The molecular weight excluding hydrogens is 412 g/mol. The first-order valence-electron chi connectivity index (χ1n) is 9.86. The van der Waals surface area contributed by atoms with Gasteiger partial charge in [0, 0.05) is 11.4 Å². The van der Waals surface area contributed by atoms with E-state index in [1.807, 2.05) is 36.4 Å². The van der Waals surface area contributed by atoms with Gasteiger partial charge in [-0.05, 0) is 47.4 Å². The molecule has 0 spiro atoms. The highest BCUT2D eigenvalue weighted by Crippen LogP contribution is 2.24. The Balaban J connectivity index is 1.92. The lowest BCUT2D eigenvalue weighted by atomic mass is 9.98. The maximum Gasteiger partial charge on any atom is 0.240 e. The van der Waals surface area contributed by atoms with Crippen molar-refractivity contribution in [3.8, 4) is 5.75 Å². The van der Waals surface area contributed by atoms with E-state index in [0.717, 1.165) is 22.4 Å². The molecule has 0 saturated heterocycles. The highest BCUT2D eigenvalue weighted by Gasteiger charge is 2.17. The molecule has 0 bridgehead atoms. The Morgan fingerprint density at radius 1 is 1.06 bits per heavy atom. The van der Waals surface area contributed by atoms with E-state index in [1.54, 1.807) is 37.5 Å². The van der Waals surface area contributed by atoms with E-state index in [1.165, 1.54) is 0 Å². The molecule has 0 heterocycles. The van der Waals surface area contributed by atoms with Gasteiger partial charge in [0.2, 0.25) is 11.8 Å². The predicted octanol–water partition coefficient (Wildman–Crippen LogP) is 4.55. The molecule has 0 aliphatic carbocycles. The van der Waals surface area contributed by atoms with Crippen LogP contribution in [0.5, 0.6) is 5.75 Å². The molecule has 6 heteroatoms. The molecule has 1 atom stereocenters. The van der Waals surface area contributed by atoms with Gasteiger partial charge in [0.25, 0.3) is 0 Å². The minimum absolute atomic E-state index is 0.121. The molecule has 0 aliphatic heterocycles. The van der Waals surface area contributed by atoms with E-state index in [0.29, 0.717) is 11.4 Å². The molecule has 0 radical (unpaired) electrons. The number of nitrogens with one attached hydrogen (secondary N) is 2. The second kappa shape index (κ2) is 12.4.